The first kappa shape index (κ1) is 14.0. The molecular weight excluding hydrogens is 268 g/mol. The third kappa shape index (κ3) is 2.94. The van der Waals surface area contributed by atoms with Crippen LogP contribution in [0, 0.1) is 11.8 Å². The summed E-state index contributed by atoms with van der Waals surface area (Å²) in [5, 5.41) is 3.80. The molecule has 0 saturated carbocycles. The molecule has 2 aliphatic heterocycles. The molecule has 0 amide bonds. The van der Waals surface area contributed by atoms with Crippen molar-refractivity contribution in [3.05, 3.63) is 71.8 Å². The van der Waals surface area contributed by atoms with Gasteiger partial charge in [0.2, 0.25) is 0 Å². The minimum absolute atomic E-state index is 0.524. The summed E-state index contributed by atoms with van der Waals surface area (Å²) in [4.78, 5) is 2.66. The molecule has 114 valence electrons. The molecule has 3 atom stereocenters. The second kappa shape index (κ2) is 6.23. The van der Waals surface area contributed by atoms with Crippen LogP contribution in [0.3, 0.4) is 0 Å². The van der Waals surface area contributed by atoms with Gasteiger partial charge in [-0.3, -0.25) is 4.90 Å². The van der Waals surface area contributed by atoms with Crippen molar-refractivity contribution >= 4 is 0 Å². The Morgan fingerprint density at radius 3 is 2.41 bits per heavy atom. The van der Waals surface area contributed by atoms with E-state index in [0.717, 1.165) is 24.9 Å². The van der Waals surface area contributed by atoms with Gasteiger partial charge in [0.05, 0.1) is 0 Å². The van der Waals surface area contributed by atoms with Crippen LogP contribution in [0.15, 0.2) is 60.7 Å². The number of benzene rings is 2. The van der Waals surface area contributed by atoms with Crippen molar-refractivity contribution in [2.45, 2.75) is 19.0 Å². The lowest BCUT2D eigenvalue weighted by Crippen LogP contribution is -2.52. The van der Waals surface area contributed by atoms with E-state index in [-0.39, 0.29) is 0 Å². The average molecular weight is 292 g/mol. The van der Waals surface area contributed by atoms with Gasteiger partial charge in [0.25, 0.3) is 0 Å². The van der Waals surface area contributed by atoms with Gasteiger partial charge in [-0.2, -0.15) is 0 Å². The largest absolute Gasteiger partial charge is 0.309 e. The van der Waals surface area contributed by atoms with Crippen molar-refractivity contribution in [2.24, 2.45) is 11.8 Å². The molecule has 3 unspecified atom stereocenters. The summed E-state index contributed by atoms with van der Waals surface area (Å²) in [5.74, 6) is 1.54. The summed E-state index contributed by atoms with van der Waals surface area (Å²) < 4.78 is 0. The highest BCUT2D eigenvalue weighted by Crippen LogP contribution is 2.36. The molecule has 4 rings (SSSR count). The number of fused-ring (bicyclic) bond motifs is 2. The van der Waals surface area contributed by atoms with Crippen LogP contribution in [0.2, 0.25) is 0 Å². The smallest absolute Gasteiger partial charge is 0.0361 e. The molecule has 2 fully saturated rings. The summed E-state index contributed by atoms with van der Waals surface area (Å²) in [5.41, 5.74) is 2.89. The van der Waals surface area contributed by atoms with Crippen molar-refractivity contribution in [1.29, 1.82) is 0 Å². The molecule has 0 spiro atoms. The van der Waals surface area contributed by atoms with E-state index in [4.69, 9.17) is 0 Å². The normalized spacial score (nSPS) is 28.5. The van der Waals surface area contributed by atoms with E-state index >= 15 is 0 Å². The van der Waals surface area contributed by atoms with Crippen molar-refractivity contribution < 1.29 is 0 Å². The van der Waals surface area contributed by atoms with Gasteiger partial charge in [-0.25, -0.2) is 0 Å². The lowest BCUT2D eigenvalue weighted by molar-refractivity contribution is 0.0629. The topological polar surface area (TPSA) is 15.3 Å². The molecular formula is C20H24N2. The maximum Gasteiger partial charge on any atom is 0.0361 e. The maximum absolute atomic E-state index is 3.80. The Morgan fingerprint density at radius 1 is 0.909 bits per heavy atom. The first-order valence-corrected chi connectivity index (χ1v) is 8.43. The summed E-state index contributed by atoms with van der Waals surface area (Å²) in [6.45, 7) is 4.69. The van der Waals surface area contributed by atoms with E-state index in [9.17, 15) is 0 Å². The fourth-order valence-electron chi connectivity index (χ4n) is 4.22. The van der Waals surface area contributed by atoms with Gasteiger partial charge in [0, 0.05) is 25.7 Å². The molecule has 2 aliphatic rings. The first-order valence-electron chi connectivity index (χ1n) is 8.43. The number of nitrogens with zero attached hydrogens (tertiary/aromatic N) is 1. The van der Waals surface area contributed by atoms with Gasteiger partial charge in [-0.1, -0.05) is 60.7 Å². The van der Waals surface area contributed by atoms with E-state index in [2.05, 4.69) is 70.9 Å². The van der Waals surface area contributed by atoms with Gasteiger partial charge in [-0.05, 0) is 35.9 Å². The summed E-state index contributed by atoms with van der Waals surface area (Å²) >= 11 is 0. The Kier molecular flexibility index (Phi) is 3.96. The zero-order valence-corrected chi connectivity index (χ0v) is 13.0. The summed E-state index contributed by atoms with van der Waals surface area (Å²) in [6.07, 6.45) is 1.37. The molecule has 2 aromatic carbocycles. The molecule has 2 heterocycles. The van der Waals surface area contributed by atoms with Crippen molar-refractivity contribution in [2.75, 3.05) is 19.6 Å². The predicted molar refractivity (Wildman–Crippen MR) is 90.5 cm³/mol. The van der Waals surface area contributed by atoms with Crippen LogP contribution >= 0.6 is 0 Å². The van der Waals surface area contributed by atoms with Gasteiger partial charge in [0.15, 0.2) is 0 Å². The second-order valence-corrected chi connectivity index (χ2v) is 6.84. The van der Waals surface area contributed by atoms with E-state index in [1.807, 2.05) is 0 Å². The predicted octanol–water partition coefficient (Wildman–Crippen LogP) is 3.47. The van der Waals surface area contributed by atoms with Crippen molar-refractivity contribution in [1.82, 2.24) is 10.2 Å². The number of rotatable bonds is 3. The number of piperidine rings is 2. The third-order valence-corrected chi connectivity index (χ3v) is 5.15. The molecule has 2 bridgehead atoms. The minimum atomic E-state index is 0.524. The summed E-state index contributed by atoms with van der Waals surface area (Å²) in [6, 6.07) is 22.4. The van der Waals surface area contributed by atoms with Crippen LogP contribution < -0.4 is 5.32 Å². The van der Waals surface area contributed by atoms with Crippen LogP contribution in [0.1, 0.15) is 23.6 Å². The zero-order chi connectivity index (χ0) is 14.8. The Bertz CT molecular complexity index is 594. The van der Waals surface area contributed by atoms with Crippen LogP contribution in [0.4, 0.5) is 0 Å². The lowest BCUT2D eigenvalue weighted by atomic mass is 9.78. The second-order valence-electron chi connectivity index (χ2n) is 6.84. The standard InChI is InChI=1S/C20H24N2/c1-3-7-16(8-4-1)13-22-14-17-11-19(15-22)20(21-12-17)18-9-5-2-6-10-18/h1-10,17,19-21H,11-15H2. The SMILES string of the molecule is c1ccc(CN2CC3CNC(c4ccccc4)C(C3)C2)cc1. The minimum Gasteiger partial charge on any atom is -0.309 e. The van der Waals surface area contributed by atoms with Crippen LogP contribution in [0.5, 0.6) is 0 Å². The van der Waals surface area contributed by atoms with Crippen molar-refractivity contribution in [3.63, 3.8) is 0 Å². The van der Waals surface area contributed by atoms with E-state index in [0.29, 0.717) is 6.04 Å². The highest BCUT2D eigenvalue weighted by atomic mass is 15.2. The Morgan fingerprint density at radius 2 is 1.64 bits per heavy atom. The fourth-order valence-corrected chi connectivity index (χ4v) is 4.22. The average Bonchev–Trinajstić information content (AvgIpc) is 2.57. The number of likely N-dealkylation sites (tertiary alicyclic amines) is 1. The first-order chi connectivity index (χ1) is 10.9. The number of nitrogens with one attached hydrogen (secondary N) is 1. The maximum atomic E-state index is 3.80. The van der Waals surface area contributed by atoms with E-state index in [1.165, 1.54) is 30.6 Å². The monoisotopic (exact) mass is 292 g/mol. The van der Waals surface area contributed by atoms with E-state index < -0.39 is 0 Å². The van der Waals surface area contributed by atoms with Gasteiger partial charge in [0.1, 0.15) is 0 Å². The van der Waals surface area contributed by atoms with Gasteiger partial charge >= 0.3 is 0 Å². The molecule has 1 N–H and O–H groups in total. The molecule has 0 aliphatic carbocycles. The molecule has 2 nitrogen and oxygen atoms in total. The Balaban J connectivity index is 1.48. The highest BCUT2D eigenvalue weighted by molar-refractivity contribution is 5.21. The zero-order valence-electron chi connectivity index (χ0n) is 13.0. The van der Waals surface area contributed by atoms with E-state index in [1.54, 1.807) is 0 Å². The van der Waals surface area contributed by atoms with Crippen LogP contribution in [-0.2, 0) is 6.54 Å². The molecule has 2 heteroatoms. The number of hydrogen-bond donors (Lipinski definition) is 1. The molecule has 2 aromatic rings. The fraction of sp³-hybridized carbons (Fsp3) is 0.400. The number of hydrogen-bond acceptors (Lipinski definition) is 2. The quantitative estimate of drug-likeness (QED) is 0.932. The van der Waals surface area contributed by atoms with Crippen LogP contribution in [-0.4, -0.2) is 24.5 Å². The summed E-state index contributed by atoms with van der Waals surface area (Å²) in [7, 11) is 0. The van der Waals surface area contributed by atoms with Gasteiger partial charge in [-0.15, -0.1) is 0 Å². The highest BCUT2D eigenvalue weighted by Gasteiger charge is 2.36. The molecule has 22 heavy (non-hydrogen) atoms. The van der Waals surface area contributed by atoms with Crippen LogP contribution in [0.25, 0.3) is 0 Å². The third-order valence-electron chi connectivity index (χ3n) is 5.15. The van der Waals surface area contributed by atoms with Gasteiger partial charge < -0.3 is 5.32 Å². The molecule has 0 radical (unpaired) electrons. The van der Waals surface area contributed by atoms with Crippen molar-refractivity contribution in [3.8, 4) is 0 Å². The molecule has 0 aromatic heterocycles. The Hall–Kier alpha value is -1.64. The molecule has 2 saturated heterocycles. The Labute approximate surface area is 133 Å². The lowest BCUT2D eigenvalue weighted by Gasteiger charge is -2.46.